The largest absolute Gasteiger partial charge is 0.456 e. The molecule has 1 aromatic heterocycles. The molecule has 2 aromatic rings. The average molecular weight is 253 g/mol. The highest BCUT2D eigenvalue weighted by molar-refractivity contribution is 5.83. The monoisotopic (exact) mass is 253 g/mol. The zero-order chi connectivity index (χ0) is 13.1. The molecule has 0 saturated heterocycles. The highest BCUT2D eigenvalue weighted by atomic mass is 19.2. The van der Waals surface area contributed by atoms with Crippen LogP contribution in [0.1, 0.15) is 31.6 Å². The van der Waals surface area contributed by atoms with Crippen molar-refractivity contribution < 1.29 is 13.2 Å². The fourth-order valence-electron chi connectivity index (χ4n) is 2.11. The lowest BCUT2D eigenvalue weighted by Crippen LogP contribution is -2.12. The normalized spacial score (nSPS) is 11.3. The molecule has 2 nitrogen and oxygen atoms in total. The summed E-state index contributed by atoms with van der Waals surface area (Å²) >= 11 is 0. The van der Waals surface area contributed by atoms with E-state index in [0.29, 0.717) is 17.7 Å². The molecule has 1 heterocycles. The molecule has 0 aliphatic heterocycles. The Balaban J connectivity index is 2.55. The van der Waals surface area contributed by atoms with Crippen LogP contribution in [-0.4, -0.2) is 6.54 Å². The van der Waals surface area contributed by atoms with Crippen LogP contribution in [0.2, 0.25) is 0 Å². The number of hydrogen-bond donors (Lipinski definition) is 1. The smallest absolute Gasteiger partial charge is 0.201 e. The fourth-order valence-corrected chi connectivity index (χ4v) is 2.11. The summed E-state index contributed by atoms with van der Waals surface area (Å²) in [7, 11) is 0. The Morgan fingerprint density at radius 3 is 2.67 bits per heavy atom. The van der Waals surface area contributed by atoms with E-state index in [4.69, 9.17) is 4.42 Å². The van der Waals surface area contributed by atoms with E-state index in [0.717, 1.165) is 31.0 Å². The number of benzene rings is 1. The summed E-state index contributed by atoms with van der Waals surface area (Å²) in [5.74, 6) is -1.06. The van der Waals surface area contributed by atoms with Gasteiger partial charge in [0, 0.05) is 10.9 Å². The summed E-state index contributed by atoms with van der Waals surface area (Å²) < 4.78 is 32.3. The molecule has 98 valence electrons. The Bertz CT molecular complexity index is 548. The minimum atomic E-state index is -0.896. The Labute approximate surface area is 105 Å². The van der Waals surface area contributed by atoms with Gasteiger partial charge in [0.25, 0.3) is 0 Å². The zero-order valence-corrected chi connectivity index (χ0v) is 10.6. The molecule has 0 aliphatic rings. The van der Waals surface area contributed by atoms with Crippen molar-refractivity contribution in [3.8, 4) is 0 Å². The molecule has 2 rings (SSSR count). The first-order valence-corrected chi connectivity index (χ1v) is 6.28. The lowest BCUT2D eigenvalue weighted by atomic mass is 10.1. The van der Waals surface area contributed by atoms with Gasteiger partial charge in [0.1, 0.15) is 5.76 Å². The van der Waals surface area contributed by atoms with Gasteiger partial charge in [0.15, 0.2) is 11.4 Å². The number of nitrogens with one attached hydrogen (secondary N) is 1. The maximum atomic E-state index is 13.7. The summed E-state index contributed by atoms with van der Waals surface area (Å²) in [6.07, 6.45) is 1.74. The predicted octanol–water partition coefficient (Wildman–Crippen LogP) is 3.77. The van der Waals surface area contributed by atoms with Crippen LogP contribution < -0.4 is 5.32 Å². The molecule has 18 heavy (non-hydrogen) atoms. The van der Waals surface area contributed by atoms with E-state index in [1.807, 2.05) is 6.92 Å². The molecule has 1 N–H and O–H groups in total. The SMILES string of the molecule is CCCc1c(CNCC)oc2c(F)c(F)ccc12. The van der Waals surface area contributed by atoms with Crippen LogP contribution in [0.15, 0.2) is 16.5 Å². The molecule has 0 fully saturated rings. The van der Waals surface area contributed by atoms with Crippen LogP contribution in [0, 0.1) is 11.6 Å². The molecular weight excluding hydrogens is 236 g/mol. The van der Waals surface area contributed by atoms with Gasteiger partial charge in [-0.1, -0.05) is 20.3 Å². The highest BCUT2D eigenvalue weighted by Crippen LogP contribution is 2.30. The van der Waals surface area contributed by atoms with Crippen molar-refractivity contribution in [2.24, 2.45) is 0 Å². The number of hydrogen-bond acceptors (Lipinski definition) is 2. The average Bonchev–Trinajstić information content (AvgIpc) is 2.71. The van der Waals surface area contributed by atoms with Crippen LogP contribution in [0.5, 0.6) is 0 Å². The predicted molar refractivity (Wildman–Crippen MR) is 67.5 cm³/mol. The van der Waals surface area contributed by atoms with Gasteiger partial charge in [-0.15, -0.1) is 0 Å². The Morgan fingerprint density at radius 2 is 2.00 bits per heavy atom. The number of furan rings is 1. The Kier molecular flexibility index (Phi) is 3.97. The molecule has 0 atom stereocenters. The number of aryl methyl sites for hydroxylation is 1. The lowest BCUT2D eigenvalue weighted by molar-refractivity contribution is 0.468. The maximum Gasteiger partial charge on any atom is 0.201 e. The van der Waals surface area contributed by atoms with Crippen molar-refractivity contribution in [2.45, 2.75) is 33.2 Å². The van der Waals surface area contributed by atoms with E-state index in [1.165, 1.54) is 0 Å². The first kappa shape index (κ1) is 13.0. The molecule has 0 saturated carbocycles. The summed E-state index contributed by atoms with van der Waals surface area (Å²) in [5, 5.41) is 3.83. The summed E-state index contributed by atoms with van der Waals surface area (Å²) in [4.78, 5) is 0. The topological polar surface area (TPSA) is 25.2 Å². The maximum absolute atomic E-state index is 13.7. The van der Waals surface area contributed by atoms with Gasteiger partial charge in [0.2, 0.25) is 5.82 Å². The van der Waals surface area contributed by atoms with E-state index in [2.05, 4.69) is 12.2 Å². The van der Waals surface area contributed by atoms with Gasteiger partial charge in [0.05, 0.1) is 6.54 Å². The second-order valence-electron chi connectivity index (χ2n) is 4.27. The first-order chi connectivity index (χ1) is 8.69. The Morgan fingerprint density at radius 1 is 1.22 bits per heavy atom. The van der Waals surface area contributed by atoms with Crippen LogP contribution in [0.3, 0.4) is 0 Å². The van der Waals surface area contributed by atoms with Crippen LogP contribution in [-0.2, 0) is 13.0 Å². The van der Waals surface area contributed by atoms with Crippen LogP contribution >= 0.6 is 0 Å². The van der Waals surface area contributed by atoms with Crippen molar-refractivity contribution in [2.75, 3.05) is 6.54 Å². The Hall–Kier alpha value is -1.42. The summed E-state index contributed by atoms with van der Waals surface area (Å²) in [6, 6.07) is 2.75. The lowest BCUT2D eigenvalue weighted by Gasteiger charge is -2.01. The molecule has 0 unspecified atom stereocenters. The van der Waals surface area contributed by atoms with Gasteiger partial charge in [-0.25, -0.2) is 4.39 Å². The molecular formula is C14H17F2NO. The van der Waals surface area contributed by atoms with Gasteiger partial charge in [-0.3, -0.25) is 0 Å². The van der Waals surface area contributed by atoms with Crippen molar-refractivity contribution in [1.82, 2.24) is 5.32 Å². The van der Waals surface area contributed by atoms with Gasteiger partial charge in [-0.2, -0.15) is 4.39 Å². The van der Waals surface area contributed by atoms with Gasteiger partial charge < -0.3 is 9.73 Å². The molecule has 0 radical (unpaired) electrons. The second-order valence-corrected chi connectivity index (χ2v) is 4.27. The quantitative estimate of drug-likeness (QED) is 0.877. The first-order valence-electron chi connectivity index (χ1n) is 6.28. The van der Waals surface area contributed by atoms with Crippen molar-refractivity contribution in [3.63, 3.8) is 0 Å². The number of rotatable bonds is 5. The minimum Gasteiger partial charge on any atom is -0.456 e. The fraction of sp³-hybridized carbons (Fsp3) is 0.429. The van der Waals surface area contributed by atoms with Crippen molar-refractivity contribution in [1.29, 1.82) is 0 Å². The molecule has 0 bridgehead atoms. The van der Waals surface area contributed by atoms with E-state index in [9.17, 15) is 8.78 Å². The third-order valence-corrected chi connectivity index (χ3v) is 2.97. The summed E-state index contributed by atoms with van der Waals surface area (Å²) in [5.41, 5.74) is 1.01. The third kappa shape index (κ3) is 2.25. The van der Waals surface area contributed by atoms with Crippen molar-refractivity contribution >= 4 is 11.0 Å². The number of halogens is 2. The standard InChI is InChI=1S/C14H17F2NO/c1-3-5-9-10-6-7-11(15)13(16)14(10)18-12(9)8-17-4-2/h6-7,17H,3-5,8H2,1-2H3. The third-order valence-electron chi connectivity index (χ3n) is 2.97. The van der Waals surface area contributed by atoms with Crippen molar-refractivity contribution in [3.05, 3.63) is 35.1 Å². The van der Waals surface area contributed by atoms with E-state index >= 15 is 0 Å². The highest BCUT2D eigenvalue weighted by Gasteiger charge is 2.18. The molecule has 4 heteroatoms. The van der Waals surface area contributed by atoms with E-state index in [-0.39, 0.29) is 5.58 Å². The van der Waals surface area contributed by atoms with Crippen LogP contribution in [0.25, 0.3) is 11.0 Å². The van der Waals surface area contributed by atoms with Crippen LogP contribution in [0.4, 0.5) is 8.78 Å². The van der Waals surface area contributed by atoms with E-state index in [1.54, 1.807) is 6.07 Å². The molecule has 1 aromatic carbocycles. The van der Waals surface area contributed by atoms with E-state index < -0.39 is 11.6 Å². The summed E-state index contributed by atoms with van der Waals surface area (Å²) in [6.45, 7) is 5.39. The zero-order valence-electron chi connectivity index (χ0n) is 10.6. The van der Waals surface area contributed by atoms with Gasteiger partial charge >= 0.3 is 0 Å². The second kappa shape index (κ2) is 5.48. The molecule has 0 spiro atoms. The van der Waals surface area contributed by atoms with Gasteiger partial charge in [-0.05, 0) is 25.1 Å². The molecule has 0 amide bonds. The number of fused-ring (bicyclic) bond motifs is 1. The molecule has 0 aliphatic carbocycles. The minimum absolute atomic E-state index is 0.0337.